The van der Waals surface area contributed by atoms with E-state index in [0.29, 0.717) is 18.5 Å². The maximum Gasteiger partial charge on any atom is 0.416 e. The van der Waals surface area contributed by atoms with Gasteiger partial charge in [0.05, 0.1) is 11.7 Å². The lowest BCUT2D eigenvalue weighted by atomic mass is 10.0. The van der Waals surface area contributed by atoms with Crippen LogP contribution >= 0.6 is 0 Å². The number of hydrogen-bond donors (Lipinski definition) is 1. The van der Waals surface area contributed by atoms with Crippen molar-refractivity contribution in [1.82, 2.24) is 4.90 Å². The molecule has 1 aliphatic rings. The summed E-state index contributed by atoms with van der Waals surface area (Å²) in [7, 11) is 0. The summed E-state index contributed by atoms with van der Waals surface area (Å²) < 4.78 is 38.0. The fraction of sp³-hybridized carbons (Fsp3) is 0.600. The van der Waals surface area contributed by atoms with Crippen molar-refractivity contribution in [2.75, 3.05) is 13.1 Å². The molecule has 1 saturated heterocycles. The van der Waals surface area contributed by atoms with Crippen LogP contribution in [-0.4, -0.2) is 35.2 Å². The first-order valence-electron chi connectivity index (χ1n) is 6.94. The molecule has 1 fully saturated rings. The van der Waals surface area contributed by atoms with Gasteiger partial charge in [-0.3, -0.25) is 4.90 Å². The average molecular weight is 287 g/mol. The van der Waals surface area contributed by atoms with E-state index in [9.17, 15) is 18.3 Å². The Balaban J connectivity index is 2.02. The molecule has 0 unspecified atom stereocenters. The molecule has 1 aliphatic heterocycles. The topological polar surface area (TPSA) is 23.5 Å². The smallest absolute Gasteiger partial charge is 0.392 e. The normalized spacial score (nSPS) is 22.8. The second-order valence-corrected chi connectivity index (χ2v) is 5.54. The van der Waals surface area contributed by atoms with Gasteiger partial charge in [-0.05, 0) is 44.4 Å². The second kappa shape index (κ2) is 6.14. The molecular weight excluding hydrogens is 267 g/mol. The summed E-state index contributed by atoms with van der Waals surface area (Å²) >= 11 is 0. The molecule has 0 spiro atoms. The summed E-state index contributed by atoms with van der Waals surface area (Å²) in [5.41, 5.74) is 0.0910. The Morgan fingerprint density at radius 1 is 1.40 bits per heavy atom. The molecule has 1 aromatic carbocycles. The van der Waals surface area contributed by atoms with Crippen LogP contribution in [0.25, 0.3) is 0 Å². The highest BCUT2D eigenvalue weighted by Gasteiger charge is 2.30. The van der Waals surface area contributed by atoms with E-state index in [2.05, 4.69) is 4.90 Å². The summed E-state index contributed by atoms with van der Waals surface area (Å²) in [6.07, 6.45) is -2.29. The van der Waals surface area contributed by atoms with Crippen LogP contribution in [0.5, 0.6) is 0 Å². The molecule has 112 valence electrons. The zero-order valence-electron chi connectivity index (χ0n) is 11.5. The van der Waals surface area contributed by atoms with E-state index in [1.54, 1.807) is 6.07 Å². The number of β-amino-alcohol motifs (C(OH)–C–C–N with tert-alkyl or cyclic N) is 1. The number of benzene rings is 1. The molecule has 0 bridgehead atoms. The minimum absolute atomic E-state index is 0.133. The molecule has 1 aromatic rings. The van der Waals surface area contributed by atoms with Gasteiger partial charge in [-0.25, -0.2) is 0 Å². The lowest BCUT2D eigenvalue weighted by Crippen LogP contribution is -2.44. The van der Waals surface area contributed by atoms with Crippen LogP contribution in [0.15, 0.2) is 24.3 Å². The zero-order valence-corrected chi connectivity index (χ0v) is 11.5. The molecule has 2 atom stereocenters. The second-order valence-electron chi connectivity index (χ2n) is 5.54. The van der Waals surface area contributed by atoms with Crippen LogP contribution in [-0.2, 0) is 12.6 Å². The molecule has 0 aliphatic carbocycles. The van der Waals surface area contributed by atoms with E-state index in [0.717, 1.165) is 25.5 Å². The first-order valence-corrected chi connectivity index (χ1v) is 6.94. The maximum absolute atomic E-state index is 12.7. The van der Waals surface area contributed by atoms with Crippen molar-refractivity contribution >= 4 is 0 Å². The highest BCUT2D eigenvalue weighted by atomic mass is 19.4. The summed E-state index contributed by atoms with van der Waals surface area (Å²) in [6, 6.07) is 5.63. The third kappa shape index (κ3) is 3.96. The summed E-state index contributed by atoms with van der Waals surface area (Å²) in [4.78, 5) is 2.15. The predicted octanol–water partition coefficient (Wildman–Crippen LogP) is 3.09. The van der Waals surface area contributed by atoms with Gasteiger partial charge in [-0.15, -0.1) is 0 Å². The number of aliphatic hydroxyl groups is 1. The number of halogens is 3. The molecule has 20 heavy (non-hydrogen) atoms. The number of alkyl halides is 3. The fourth-order valence-electron chi connectivity index (χ4n) is 2.73. The van der Waals surface area contributed by atoms with Crippen molar-refractivity contribution in [3.05, 3.63) is 35.4 Å². The fourth-order valence-corrected chi connectivity index (χ4v) is 2.73. The van der Waals surface area contributed by atoms with Crippen LogP contribution < -0.4 is 0 Å². The van der Waals surface area contributed by atoms with E-state index in [-0.39, 0.29) is 12.1 Å². The first-order chi connectivity index (χ1) is 9.36. The molecule has 5 heteroatoms. The van der Waals surface area contributed by atoms with Crippen LogP contribution in [0.1, 0.15) is 30.9 Å². The number of piperidine rings is 1. The molecule has 1 N–H and O–H groups in total. The van der Waals surface area contributed by atoms with Crippen molar-refractivity contribution in [2.45, 2.75) is 44.5 Å². The molecule has 2 rings (SSSR count). The Morgan fingerprint density at radius 2 is 2.15 bits per heavy atom. The zero-order chi connectivity index (χ0) is 14.8. The Bertz CT molecular complexity index is 447. The third-order valence-electron chi connectivity index (χ3n) is 3.84. The highest BCUT2D eigenvalue weighted by Crippen LogP contribution is 2.30. The third-order valence-corrected chi connectivity index (χ3v) is 3.84. The average Bonchev–Trinajstić information content (AvgIpc) is 2.38. The van der Waals surface area contributed by atoms with Crippen LogP contribution in [0.3, 0.4) is 0 Å². The summed E-state index contributed by atoms with van der Waals surface area (Å²) in [6.45, 7) is 3.51. The Hall–Kier alpha value is -1.07. The van der Waals surface area contributed by atoms with Gasteiger partial charge in [-0.1, -0.05) is 18.2 Å². The predicted molar refractivity (Wildman–Crippen MR) is 71.4 cm³/mol. The lowest BCUT2D eigenvalue weighted by molar-refractivity contribution is -0.137. The van der Waals surface area contributed by atoms with Gasteiger partial charge in [0.15, 0.2) is 0 Å². The van der Waals surface area contributed by atoms with Crippen molar-refractivity contribution in [1.29, 1.82) is 0 Å². The highest BCUT2D eigenvalue weighted by molar-refractivity contribution is 5.26. The number of rotatable bonds is 3. The van der Waals surface area contributed by atoms with E-state index < -0.39 is 11.7 Å². The molecule has 0 radical (unpaired) electrons. The number of nitrogens with zero attached hydrogens (tertiary/aromatic N) is 1. The van der Waals surface area contributed by atoms with Crippen molar-refractivity contribution < 1.29 is 18.3 Å². The Labute approximate surface area is 117 Å². The van der Waals surface area contributed by atoms with Gasteiger partial charge in [0.1, 0.15) is 0 Å². The van der Waals surface area contributed by atoms with Gasteiger partial charge >= 0.3 is 6.18 Å². The van der Waals surface area contributed by atoms with Crippen molar-refractivity contribution in [2.24, 2.45) is 0 Å². The largest absolute Gasteiger partial charge is 0.416 e. The Morgan fingerprint density at radius 3 is 2.80 bits per heavy atom. The maximum atomic E-state index is 12.7. The monoisotopic (exact) mass is 287 g/mol. The van der Waals surface area contributed by atoms with Gasteiger partial charge in [0.2, 0.25) is 0 Å². The summed E-state index contributed by atoms with van der Waals surface area (Å²) in [5, 5.41) is 9.65. The minimum Gasteiger partial charge on any atom is -0.392 e. The molecule has 0 aromatic heterocycles. The van der Waals surface area contributed by atoms with Gasteiger partial charge in [-0.2, -0.15) is 13.2 Å². The van der Waals surface area contributed by atoms with Crippen molar-refractivity contribution in [3.63, 3.8) is 0 Å². The molecule has 0 amide bonds. The lowest BCUT2D eigenvalue weighted by Gasteiger charge is -2.35. The van der Waals surface area contributed by atoms with E-state index in [1.165, 1.54) is 12.1 Å². The van der Waals surface area contributed by atoms with E-state index in [1.807, 2.05) is 6.92 Å². The minimum atomic E-state index is -4.29. The van der Waals surface area contributed by atoms with Gasteiger partial charge in [0, 0.05) is 12.6 Å². The molecule has 0 saturated carbocycles. The molecule has 1 heterocycles. The van der Waals surface area contributed by atoms with E-state index in [4.69, 9.17) is 0 Å². The molecular formula is C15H20F3NO. The van der Waals surface area contributed by atoms with Crippen LogP contribution in [0.4, 0.5) is 13.2 Å². The van der Waals surface area contributed by atoms with Crippen molar-refractivity contribution in [3.8, 4) is 0 Å². The molecule has 2 nitrogen and oxygen atoms in total. The first kappa shape index (κ1) is 15.3. The number of aliphatic hydroxyl groups excluding tert-OH is 1. The quantitative estimate of drug-likeness (QED) is 0.923. The van der Waals surface area contributed by atoms with Gasteiger partial charge in [0.25, 0.3) is 0 Å². The van der Waals surface area contributed by atoms with Crippen LogP contribution in [0, 0.1) is 0 Å². The number of hydrogen-bond acceptors (Lipinski definition) is 2. The van der Waals surface area contributed by atoms with Crippen LogP contribution in [0.2, 0.25) is 0 Å². The standard InChI is InChI=1S/C15H20F3NO/c1-11(19-7-3-6-14(20)10-19)8-12-4-2-5-13(9-12)15(16,17)18/h2,4-5,9,11,14,20H,3,6-8,10H2,1H3/t11-,14-/m0/s1. The Kier molecular flexibility index (Phi) is 4.70. The SMILES string of the molecule is C[C@@H](Cc1cccc(C(F)(F)F)c1)N1CCC[C@H](O)C1. The van der Waals surface area contributed by atoms with Gasteiger partial charge < -0.3 is 5.11 Å². The van der Waals surface area contributed by atoms with E-state index >= 15 is 0 Å². The summed E-state index contributed by atoms with van der Waals surface area (Å²) in [5.74, 6) is 0. The number of likely N-dealkylation sites (tertiary alicyclic amines) is 1.